The maximum absolute atomic E-state index is 11.6. The van der Waals surface area contributed by atoms with Crippen LogP contribution in [-0.2, 0) is 14.3 Å². The first-order valence-corrected chi connectivity index (χ1v) is 7.22. The predicted molar refractivity (Wildman–Crippen MR) is 78.4 cm³/mol. The van der Waals surface area contributed by atoms with Crippen molar-refractivity contribution in [1.82, 2.24) is 5.32 Å². The molecule has 1 aliphatic carbocycles. The van der Waals surface area contributed by atoms with Crippen molar-refractivity contribution in [1.29, 1.82) is 0 Å². The number of halogens is 1. The summed E-state index contributed by atoms with van der Waals surface area (Å²) in [5.74, 6) is -0.321. The smallest absolute Gasteiger partial charge is 0.344 e. The van der Waals surface area contributed by atoms with Gasteiger partial charge in [0, 0.05) is 11.1 Å². The lowest BCUT2D eigenvalue weighted by molar-refractivity contribution is -0.156. The summed E-state index contributed by atoms with van der Waals surface area (Å²) in [6.45, 7) is 3.14. The summed E-state index contributed by atoms with van der Waals surface area (Å²) in [4.78, 5) is 23.3. The zero-order valence-corrected chi connectivity index (χ0v) is 12.8. The first kappa shape index (κ1) is 15.6. The third-order valence-electron chi connectivity index (χ3n) is 3.09. The van der Waals surface area contributed by atoms with Gasteiger partial charge in [-0.2, -0.15) is 0 Å². The van der Waals surface area contributed by atoms with Crippen LogP contribution in [0.1, 0.15) is 25.3 Å². The Morgan fingerprint density at radius 3 is 2.76 bits per heavy atom. The van der Waals surface area contributed by atoms with Crippen LogP contribution in [0.5, 0.6) is 5.75 Å². The number of hydrogen-bond acceptors (Lipinski definition) is 4. The van der Waals surface area contributed by atoms with Crippen LogP contribution in [-0.4, -0.2) is 30.6 Å². The highest BCUT2D eigenvalue weighted by Gasteiger charge is 2.27. The molecule has 0 radical (unpaired) electrons. The van der Waals surface area contributed by atoms with Gasteiger partial charge in [0.1, 0.15) is 5.75 Å². The molecule has 0 aromatic heterocycles. The molecule has 21 heavy (non-hydrogen) atoms. The maximum atomic E-state index is 11.6. The third-order valence-corrected chi connectivity index (χ3v) is 3.51. The standard InChI is InChI=1S/C15H18ClNO4/c1-9-7-12(5-6-13(9)16)20-8-14(18)21-10(2)15(19)17-11-3-4-11/h5-7,10-11H,3-4,8H2,1-2H3,(H,17,19)/t10-/m0/s1. The van der Waals surface area contributed by atoms with Crippen LogP contribution in [0.25, 0.3) is 0 Å². The Bertz CT molecular complexity index is 542. The van der Waals surface area contributed by atoms with Gasteiger partial charge in [-0.3, -0.25) is 4.79 Å². The average Bonchev–Trinajstić information content (AvgIpc) is 3.24. The fraction of sp³-hybridized carbons (Fsp3) is 0.467. The normalized spacial score (nSPS) is 15.2. The molecule has 114 valence electrons. The molecule has 0 bridgehead atoms. The minimum absolute atomic E-state index is 0.243. The molecule has 0 aliphatic heterocycles. The van der Waals surface area contributed by atoms with Crippen LogP contribution in [0.4, 0.5) is 0 Å². The minimum atomic E-state index is -0.811. The molecule has 0 heterocycles. The van der Waals surface area contributed by atoms with Gasteiger partial charge in [0.2, 0.25) is 0 Å². The lowest BCUT2D eigenvalue weighted by atomic mass is 10.2. The molecule has 2 rings (SSSR count). The number of esters is 1. The van der Waals surface area contributed by atoms with E-state index in [0.29, 0.717) is 10.8 Å². The molecule has 1 aromatic rings. The summed E-state index contributed by atoms with van der Waals surface area (Å²) in [5.41, 5.74) is 0.861. The molecule has 1 atom stereocenters. The lowest BCUT2D eigenvalue weighted by Gasteiger charge is -2.13. The molecular weight excluding hydrogens is 294 g/mol. The van der Waals surface area contributed by atoms with E-state index in [1.54, 1.807) is 25.1 Å². The van der Waals surface area contributed by atoms with Crippen molar-refractivity contribution in [2.75, 3.05) is 6.61 Å². The Morgan fingerprint density at radius 1 is 1.43 bits per heavy atom. The molecule has 5 nitrogen and oxygen atoms in total. The summed E-state index contributed by atoms with van der Waals surface area (Å²) < 4.78 is 10.3. The first-order valence-electron chi connectivity index (χ1n) is 6.84. The quantitative estimate of drug-likeness (QED) is 0.818. The molecule has 0 spiro atoms. The van der Waals surface area contributed by atoms with Crippen molar-refractivity contribution in [2.45, 2.75) is 38.8 Å². The van der Waals surface area contributed by atoms with Crippen LogP contribution in [0.15, 0.2) is 18.2 Å². The second-order valence-electron chi connectivity index (χ2n) is 5.11. The van der Waals surface area contributed by atoms with Gasteiger partial charge in [-0.1, -0.05) is 11.6 Å². The molecule has 1 aromatic carbocycles. The summed E-state index contributed by atoms with van der Waals surface area (Å²) in [6, 6.07) is 5.35. The van der Waals surface area contributed by atoms with E-state index in [2.05, 4.69) is 5.32 Å². The van der Waals surface area contributed by atoms with Gasteiger partial charge in [0.05, 0.1) is 0 Å². The Balaban J connectivity index is 1.75. The third kappa shape index (κ3) is 4.93. The summed E-state index contributed by atoms with van der Waals surface area (Å²) in [6.07, 6.45) is 1.17. The maximum Gasteiger partial charge on any atom is 0.344 e. The number of hydrogen-bond donors (Lipinski definition) is 1. The van der Waals surface area contributed by atoms with Crippen molar-refractivity contribution in [3.8, 4) is 5.75 Å². The van der Waals surface area contributed by atoms with Crippen molar-refractivity contribution in [3.05, 3.63) is 28.8 Å². The van der Waals surface area contributed by atoms with Crippen molar-refractivity contribution < 1.29 is 19.1 Å². The summed E-state index contributed by atoms with van der Waals surface area (Å²) in [7, 11) is 0. The van der Waals surface area contributed by atoms with E-state index < -0.39 is 12.1 Å². The summed E-state index contributed by atoms with van der Waals surface area (Å²) in [5, 5.41) is 3.41. The highest BCUT2D eigenvalue weighted by atomic mass is 35.5. The van der Waals surface area contributed by atoms with E-state index in [4.69, 9.17) is 21.1 Å². The van der Waals surface area contributed by atoms with E-state index in [0.717, 1.165) is 18.4 Å². The van der Waals surface area contributed by atoms with Gasteiger partial charge in [-0.25, -0.2) is 4.79 Å². The molecule has 0 saturated heterocycles. The number of amides is 1. The minimum Gasteiger partial charge on any atom is -0.482 e. The van der Waals surface area contributed by atoms with E-state index in [9.17, 15) is 9.59 Å². The van der Waals surface area contributed by atoms with Gasteiger partial charge in [0.15, 0.2) is 12.7 Å². The molecule has 1 fully saturated rings. The lowest BCUT2D eigenvalue weighted by Crippen LogP contribution is -2.37. The Labute approximate surface area is 128 Å². The van der Waals surface area contributed by atoms with Gasteiger partial charge >= 0.3 is 5.97 Å². The topological polar surface area (TPSA) is 64.6 Å². The average molecular weight is 312 g/mol. The molecule has 1 amide bonds. The van der Waals surface area contributed by atoms with Gasteiger partial charge < -0.3 is 14.8 Å². The largest absolute Gasteiger partial charge is 0.482 e. The molecule has 1 N–H and O–H groups in total. The first-order chi connectivity index (χ1) is 9.95. The van der Waals surface area contributed by atoms with E-state index in [-0.39, 0.29) is 18.6 Å². The van der Waals surface area contributed by atoms with Gasteiger partial charge in [-0.15, -0.1) is 0 Å². The fourth-order valence-electron chi connectivity index (χ4n) is 1.68. The second kappa shape index (κ2) is 6.80. The number of rotatable bonds is 6. The van der Waals surface area contributed by atoms with Crippen LogP contribution >= 0.6 is 11.6 Å². The Hall–Kier alpha value is -1.75. The second-order valence-corrected chi connectivity index (χ2v) is 5.52. The zero-order valence-electron chi connectivity index (χ0n) is 12.0. The van der Waals surface area contributed by atoms with Crippen molar-refractivity contribution >= 4 is 23.5 Å². The molecule has 0 unspecified atom stereocenters. The van der Waals surface area contributed by atoms with Crippen LogP contribution in [0, 0.1) is 6.92 Å². The summed E-state index contributed by atoms with van der Waals surface area (Å²) >= 11 is 5.90. The van der Waals surface area contributed by atoms with Crippen LogP contribution < -0.4 is 10.1 Å². The number of ether oxygens (including phenoxy) is 2. The predicted octanol–water partition coefficient (Wildman–Crippen LogP) is 2.24. The molecule has 6 heteroatoms. The Kier molecular flexibility index (Phi) is 5.07. The zero-order chi connectivity index (χ0) is 15.4. The van der Waals surface area contributed by atoms with Crippen LogP contribution in [0.3, 0.4) is 0 Å². The van der Waals surface area contributed by atoms with Crippen molar-refractivity contribution in [3.63, 3.8) is 0 Å². The van der Waals surface area contributed by atoms with E-state index in [1.807, 2.05) is 6.92 Å². The molecule has 1 aliphatic rings. The number of carbonyl (C=O) groups excluding carboxylic acids is 2. The van der Waals surface area contributed by atoms with Crippen LogP contribution in [0.2, 0.25) is 5.02 Å². The van der Waals surface area contributed by atoms with E-state index >= 15 is 0 Å². The Morgan fingerprint density at radius 2 is 2.14 bits per heavy atom. The number of aryl methyl sites for hydroxylation is 1. The number of nitrogens with one attached hydrogen (secondary N) is 1. The fourth-order valence-corrected chi connectivity index (χ4v) is 1.80. The van der Waals surface area contributed by atoms with Gasteiger partial charge in [-0.05, 0) is 50.5 Å². The molecular formula is C15H18ClNO4. The highest BCUT2D eigenvalue weighted by molar-refractivity contribution is 6.31. The number of benzene rings is 1. The van der Waals surface area contributed by atoms with Gasteiger partial charge in [0.25, 0.3) is 5.91 Å². The number of carbonyl (C=O) groups is 2. The molecule has 1 saturated carbocycles. The highest BCUT2D eigenvalue weighted by Crippen LogP contribution is 2.21. The SMILES string of the molecule is Cc1cc(OCC(=O)O[C@@H](C)C(=O)NC2CC2)ccc1Cl. The van der Waals surface area contributed by atoms with E-state index in [1.165, 1.54) is 0 Å². The van der Waals surface area contributed by atoms with Crippen molar-refractivity contribution in [2.24, 2.45) is 0 Å². The monoisotopic (exact) mass is 311 g/mol.